The highest BCUT2D eigenvalue weighted by Crippen LogP contribution is 2.20. The number of amides is 3. The van der Waals surface area contributed by atoms with Gasteiger partial charge in [0.05, 0.1) is 17.5 Å². The summed E-state index contributed by atoms with van der Waals surface area (Å²) in [6, 6.07) is 10.2. The van der Waals surface area contributed by atoms with E-state index in [1.54, 1.807) is 48.8 Å². The minimum atomic E-state index is -0.937. The van der Waals surface area contributed by atoms with Crippen LogP contribution in [0.3, 0.4) is 0 Å². The first kappa shape index (κ1) is 20.2. The van der Waals surface area contributed by atoms with Crippen molar-refractivity contribution in [2.24, 2.45) is 5.10 Å². The van der Waals surface area contributed by atoms with Crippen LogP contribution in [0.1, 0.15) is 48.0 Å². The summed E-state index contributed by atoms with van der Waals surface area (Å²) in [6.45, 7) is 0. The first-order chi connectivity index (χ1) is 14.1. The number of rotatable bonds is 5. The fourth-order valence-corrected chi connectivity index (χ4v) is 3.15. The standard InChI is InChI=1S/C21H23N5O3/c27-19(24-16-8-2-1-3-9-16)17-10-4-5-11-18(17)25-20(28)21(29)26-23-14-15-7-6-12-22-13-15/h4-7,10-14,16H,1-3,8-9H2,(H,24,27)(H,25,28)(H,26,29)/b23-14-. The molecule has 3 N–H and O–H groups in total. The summed E-state index contributed by atoms with van der Waals surface area (Å²) in [6.07, 6.45) is 9.87. The topological polar surface area (TPSA) is 113 Å². The third-order valence-electron chi connectivity index (χ3n) is 4.63. The zero-order chi connectivity index (χ0) is 20.5. The molecule has 1 aromatic heterocycles. The van der Waals surface area contributed by atoms with Gasteiger partial charge >= 0.3 is 11.8 Å². The van der Waals surface area contributed by atoms with Crippen LogP contribution < -0.4 is 16.1 Å². The fraction of sp³-hybridized carbons (Fsp3) is 0.286. The van der Waals surface area contributed by atoms with Gasteiger partial charge in [-0.25, -0.2) is 5.43 Å². The van der Waals surface area contributed by atoms with E-state index in [2.05, 4.69) is 26.1 Å². The maximum absolute atomic E-state index is 12.6. The monoisotopic (exact) mass is 393 g/mol. The summed E-state index contributed by atoms with van der Waals surface area (Å²) in [4.78, 5) is 40.7. The molecular formula is C21H23N5O3. The number of anilines is 1. The number of hydrazone groups is 1. The molecule has 0 radical (unpaired) electrons. The second-order valence-electron chi connectivity index (χ2n) is 6.79. The van der Waals surface area contributed by atoms with E-state index < -0.39 is 11.8 Å². The quantitative estimate of drug-likeness (QED) is 0.411. The number of carbonyl (C=O) groups is 3. The zero-order valence-electron chi connectivity index (χ0n) is 15.9. The lowest BCUT2D eigenvalue weighted by Crippen LogP contribution is -2.37. The van der Waals surface area contributed by atoms with Crippen molar-refractivity contribution in [3.63, 3.8) is 0 Å². The van der Waals surface area contributed by atoms with Crippen molar-refractivity contribution in [3.8, 4) is 0 Å². The van der Waals surface area contributed by atoms with Gasteiger partial charge in [0, 0.05) is 24.0 Å². The van der Waals surface area contributed by atoms with E-state index in [-0.39, 0.29) is 17.6 Å². The molecule has 1 aliphatic rings. The summed E-state index contributed by atoms with van der Waals surface area (Å²) in [5.74, 6) is -2.11. The summed E-state index contributed by atoms with van der Waals surface area (Å²) >= 11 is 0. The van der Waals surface area contributed by atoms with E-state index in [9.17, 15) is 14.4 Å². The van der Waals surface area contributed by atoms with Gasteiger partial charge in [0.1, 0.15) is 0 Å². The Morgan fingerprint density at radius 3 is 2.55 bits per heavy atom. The van der Waals surface area contributed by atoms with Gasteiger partial charge < -0.3 is 10.6 Å². The Labute approximate surface area is 168 Å². The summed E-state index contributed by atoms with van der Waals surface area (Å²) in [7, 11) is 0. The molecule has 29 heavy (non-hydrogen) atoms. The number of nitrogens with zero attached hydrogens (tertiary/aromatic N) is 2. The Morgan fingerprint density at radius 1 is 1.00 bits per heavy atom. The molecule has 0 bridgehead atoms. The van der Waals surface area contributed by atoms with Gasteiger partial charge in [-0.1, -0.05) is 37.5 Å². The first-order valence-electron chi connectivity index (χ1n) is 9.58. The molecule has 0 atom stereocenters. The highest BCUT2D eigenvalue weighted by atomic mass is 16.2. The van der Waals surface area contributed by atoms with Crippen LogP contribution in [0.2, 0.25) is 0 Å². The summed E-state index contributed by atoms with van der Waals surface area (Å²) in [5.41, 5.74) is 3.43. The Morgan fingerprint density at radius 2 is 1.79 bits per heavy atom. The first-order valence-corrected chi connectivity index (χ1v) is 9.58. The van der Waals surface area contributed by atoms with Crippen LogP contribution >= 0.6 is 0 Å². The lowest BCUT2D eigenvalue weighted by atomic mass is 9.95. The van der Waals surface area contributed by atoms with Crippen LogP contribution in [0.25, 0.3) is 0 Å². The normalized spacial score (nSPS) is 14.3. The SMILES string of the molecule is O=C(N/N=C\c1cccnc1)C(=O)Nc1ccccc1C(=O)NC1CCCCC1. The third kappa shape index (κ3) is 5.97. The van der Waals surface area contributed by atoms with Gasteiger partial charge in [0.2, 0.25) is 0 Å². The number of hydrogen-bond acceptors (Lipinski definition) is 5. The van der Waals surface area contributed by atoms with Gasteiger partial charge in [0.25, 0.3) is 5.91 Å². The van der Waals surface area contributed by atoms with E-state index in [1.807, 2.05) is 0 Å². The lowest BCUT2D eigenvalue weighted by Gasteiger charge is -2.23. The molecule has 1 aromatic carbocycles. The van der Waals surface area contributed by atoms with Crippen molar-refractivity contribution in [1.82, 2.24) is 15.7 Å². The molecule has 8 nitrogen and oxygen atoms in total. The number of para-hydroxylation sites is 1. The number of benzene rings is 1. The molecule has 1 heterocycles. The van der Waals surface area contributed by atoms with Crippen molar-refractivity contribution < 1.29 is 14.4 Å². The van der Waals surface area contributed by atoms with Crippen LogP contribution in [0.5, 0.6) is 0 Å². The van der Waals surface area contributed by atoms with E-state index >= 15 is 0 Å². The van der Waals surface area contributed by atoms with Crippen molar-refractivity contribution >= 4 is 29.6 Å². The fourth-order valence-electron chi connectivity index (χ4n) is 3.15. The van der Waals surface area contributed by atoms with Crippen LogP contribution in [0.4, 0.5) is 5.69 Å². The van der Waals surface area contributed by atoms with Crippen LogP contribution in [0, 0.1) is 0 Å². The van der Waals surface area contributed by atoms with Crippen LogP contribution in [-0.4, -0.2) is 35.0 Å². The summed E-state index contributed by atoms with van der Waals surface area (Å²) in [5, 5.41) is 9.22. The van der Waals surface area contributed by atoms with Crippen LogP contribution in [-0.2, 0) is 9.59 Å². The highest BCUT2D eigenvalue weighted by molar-refractivity contribution is 6.40. The van der Waals surface area contributed by atoms with Gasteiger partial charge in [-0.2, -0.15) is 5.10 Å². The number of pyridine rings is 1. The highest BCUT2D eigenvalue weighted by Gasteiger charge is 2.20. The maximum atomic E-state index is 12.6. The lowest BCUT2D eigenvalue weighted by molar-refractivity contribution is -0.136. The molecule has 0 unspecified atom stereocenters. The van der Waals surface area contributed by atoms with Gasteiger partial charge in [-0.05, 0) is 31.0 Å². The van der Waals surface area contributed by atoms with Gasteiger partial charge in [-0.3, -0.25) is 19.4 Å². The smallest absolute Gasteiger partial charge is 0.329 e. The molecule has 1 saturated carbocycles. The predicted octanol–water partition coefficient (Wildman–Crippen LogP) is 2.23. The molecule has 150 valence electrons. The molecule has 1 fully saturated rings. The molecule has 1 aliphatic carbocycles. The molecule has 0 aliphatic heterocycles. The Kier molecular flexibility index (Phi) is 7.05. The number of hydrogen-bond donors (Lipinski definition) is 3. The summed E-state index contributed by atoms with van der Waals surface area (Å²) < 4.78 is 0. The average Bonchev–Trinajstić information content (AvgIpc) is 2.75. The molecular weight excluding hydrogens is 370 g/mol. The third-order valence-corrected chi connectivity index (χ3v) is 4.63. The Hall–Kier alpha value is -3.55. The predicted molar refractivity (Wildman–Crippen MR) is 109 cm³/mol. The van der Waals surface area contributed by atoms with E-state index in [0.29, 0.717) is 11.1 Å². The van der Waals surface area contributed by atoms with Crippen molar-refractivity contribution in [2.45, 2.75) is 38.1 Å². The molecule has 3 amide bonds. The number of nitrogens with one attached hydrogen (secondary N) is 3. The molecule has 3 rings (SSSR count). The second-order valence-corrected chi connectivity index (χ2v) is 6.79. The van der Waals surface area contributed by atoms with E-state index in [1.165, 1.54) is 12.6 Å². The molecule has 0 spiro atoms. The molecule has 8 heteroatoms. The maximum Gasteiger partial charge on any atom is 0.329 e. The van der Waals surface area contributed by atoms with Crippen molar-refractivity contribution in [2.75, 3.05) is 5.32 Å². The van der Waals surface area contributed by atoms with E-state index in [0.717, 1.165) is 25.7 Å². The van der Waals surface area contributed by atoms with Gasteiger partial charge in [-0.15, -0.1) is 0 Å². The molecule has 2 aromatic rings. The number of aromatic nitrogens is 1. The molecule has 0 saturated heterocycles. The zero-order valence-corrected chi connectivity index (χ0v) is 15.9. The minimum Gasteiger partial charge on any atom is -0.349 e. The van der Waals surface area contributed by atoms with Crippen molar-refractivity contribution in [3.05, 3.63) is 59.9 Å². The average molecular weight is 393 g/mol. The second kappa shape index (κ2) is 10.1. The number of carbonyl (C=O) groups excluding carboxylic acids is 3. The largest absolute Gasteiger partial charge is 0.349 e. The van der Waals surface area contributed by atoms with Crippen molar-refractivity contribution in [1.29, 1.82) is 0 Å². The van der Waals surface area contributed by atoms with Crippen LogP contribution in [0.15, 0.2) is 53.9 Å². The minimum absolute atomic E-state index is 0.144. The van der Waals surface area contributed by atoms with Gasteiger partial charge in [0.15, 0.2) is 0 Å². The Balaban J connectivity index is 1.59. The van der Waals surface area contributed by atoms with E-state index in [4.69, 9.17) is 0 Å². The Bertz CT molecular complexity index is 892.